The number of nitrogens with zero attached hydrogens (tertiary/aromatic N) is 3. The molecule has 1 fully saturated rings. The third-order valence-corrected chi connectivity index (χ3v) is 6.02. The van der Waals surface area contributed by atoms with Crippen LogP contribution in [0, 0.1) is 0 Å². The number of para-hydroxylation sites is 2. The van der Waals surface area contributed by atoms with Gasteiger partial charge in [-0.3, -0.25) is 4.79 Å². The Morgan fingerprint density at radius 3 is 2.81 bits per heavy atom. The summed E-state index contributed by atoms with van der Waals surface area (Å²) in [5.74, 6) is 1.31. The van der Waals surface area contributed by atoms with Gasteiger partial charge in [-0.05, 0) is 30.3 Å². The van der Waals surface area contributed by atoms with Gasteiger partial charge in [0.15, 0.2) is 5.60 Å². The number of methoxy groups -OCH3 is 1. The van der Waals surface area contributed by atoms with E-state index in [9.17, 15) is 4.79 Å². The Morgan fingerprint density at radius 2 is 1.97 bits per heavy atom. The molecule has 1 amide bonds. The summed E-state index contributed by atoms with van der Waals surface area (Å²) in [6, 6.07) is 15.7. The van der Waals surface area contributed by atoms with Crippen molar-refractivity contribution in [3.8, 4) is 17.3 Å². The van der Waals surface area contributed by atoms with Gasteiger partial charge in [-0.1, -0.05) is 12.1 Å². The molecule has 0 N–H and O–H groups in total. The lowest BCUT2D eigenvalue weighted by atomic mass is 9.86. The molecule has 2 aromatic heterocycles. The minimum Gasteiger partial charge on any atom is -0.479 e. The van der Waals surface area contributed by atoms with Crippen LogP contribution >= 0.6 is 0 Å². The summed E-state index contributed by atoms with van der Waals surface area (Å²) >= 11 is 0. The van der Waals surface area contributed by atoms with Crippen molar-refractivity contribution in [2.45, 2.75) is 18.4 Å². The molecule has 0 unspecified atom stereocenters. The van der Waals surface area contributed by atoms with Crippen LogP contribution in [-0.2, 0) is 10.3 Å². The molecule has 1 aromatic carbocycles. The third kappa shape index (κ3) is 3.55. The fraction of sp³-hybridized carbons (Fsp3) is 0.333. The molecule has 160 valence electrons. The number of carbonyl (C=O) groups is 1. The molecular formula is C24H25N3O4. The van der Waals surface area contributed by atoms with Crippen molar-refractivity contribution >= 4 is 5.91 Å². The highest BCUT2D eigenvalue weighted by atomic mass is 16.5. The van der Waals surface area contributed by atoms with Crippen molar-refractivity contribution in [1.29, 1.82) is 0 Å². The minimum absolute atomic E-state index is 0.0135. The van der Waals surface area contributed by atoms with Gasteiger partial charge in [0.1, 0.15) is 12.4 Å². The van der Waals surface area contributed by atoms with E-state index in [4.69, 9.17) is 14.2 Å². The Labute approximate surface area is 181 Å². The molecule has 1 saturated heterocycles. The number of pyridine rings is 1. The van der Waals surface area contributed by atoms with Crippen LogP contribution in [-0.4, -0.2) is 53.8 Å². The highest BCUT2D eigenvalue weighted by Gasteiger charge is 2.44. The molecule has 7 nitrogen and oxygen atoms in total. The lowest BCUT2D eigenvalue weighted by molar-refractivity contribution is -0.00932. The van der Waals surface area contributed by atoms with Crippen LogP contribution in [0.2, 0.25) is 0 Å². The number of carbonyl (C=O) groups excluding carboxylic acids is 1. The standard InChI is InChI=1S/C24H25N3O4/c1-29-15-16-30-22-17-18(8-11-25-22)23(28)26-13-9-24(10-14-26)21-7-4-12-27(21)19-5-2-3-6-20(19)31-24/h2-8,11-12,17H,9-10,13-16H2,1H3. The van der Waals surface area contributed by atoms with Crippen molar-refractivity contribution < 1.29 is 19.0 Å². The first-order valence-electron chi connectivity index (χ1n) is 10.5. The number of likely N-dealkylation sites (tertiary alicyclic amines) is 1. The van der Waals surface area contributed by atoms with E-state index in [1.807, 2.05) is 23.1 Å². The van der Waals surface area contributed by atoms with Crippen LogP contribution < -0.4 is 9.47 Å². The highest BCUT2D eigenvalue weighted by Crippen LogP contribution is 2.45. The Balaban J connectivity index is 1.31. The fourth-order valence-corrected chi connectivity index (χ4v) is 4.43. The molecule has 0 atom stereocenters. The summed E-state index contributed by atoms with van der Waals surface area (Å²) in [4.78, 5) is 19.2. The van der Waals surface area contributed by atoms with Gasteiger partial charge in [-0.2, -0.15) is 0 Å². The average Bonchev–Trinajstić information content (AvgIpc) is 3.31. The van der Waals surface area contributed by atoms with Gasteiger partial charge < -0.3 is 23.7 Å². The van der Waals surface area contributed by atoms with Crippen molar-refractivity contribution in [3.63, 3.8) is 0 Å². The smallest absolute Gasteiger partial charge is 0.254 e. The molecule has 0 saturated carbocycles. The third-order valence-electron chi connectivity index (χ3n) is 6.02. The Morgan fingerprint density at radius 1 is 1.13 bits per heavy atom. The van der Waals surface area contributed by atoms with Crippen molar-refractivity contribution in [2.75, 3.05) is 33.4 Å². The first-order chi connectivity index (χ1) is 15.2. The normalized spacial score (nSPS) is 16.4. The number of aromatic nitrogens is 2. The van der Waals surface area contributed by atoms with E-state index in [0.29, 0.717) is 37.7 Å². The summed E-state index contributed by atoms with van der Waals surface area (Å²) in [6.45, 7) is 2.10. The summed E-state index contributed by atoms with van der Waals surface area (Å²) in [5.41, 5.74) is 2.37. The van der Waals surface area contributed by atoms with Gasteiger partial charge in [0.05, 0.1) is 18.0 Å². The van der Waals surface area contributed by atoms with Gasteiger partial charge >= 0.3 is 0 Å². The van der Waals surface area contributed by atoms with Crippen molar-refractivity contribution in [3.05, 3.63) is 72.2 Å². The maximum atomic E-state index is 13.1. The van der Waals surface area contributed by atoms with E-state index in [2.05, 4.69) is 33.9 Å². The van der Waals surface area contributed by atoms with E-state index < -0.39 is 5.60 Å². The molecule has 7 heteroatoms. The first-order valence-corrected chi connectivity index (χ1v) is 10.5. The quantitative estimate of drug-likeness (QED) is 0.593. The Bertz CT molecular complexity index is 1090. The Hall–Kier alpha value is -3.32. The number of hydrogen-bond donors (Lipinski definition) is 0. The number of fused-ring (bicyclic) bond motifs is 4. The number of hydrogen-bond acceptors (Lipinski definition) is 5. The van der Waals surface area contributed by atoms with Crippen LogP contribution in [0.1, 0.15) is 28.9 Å². The van der Waals surface area contributed by atoms with Crippen LogP contribution in [0.3, 0.4) is 0 Å². The summed E-state index contributed by atoms with van der Waals surface area (Å²) < 4.78 is 19.3. The van der Waals surface area contributed by atoms with E-state index >= 15 is 0 Å². The van der Waals surface area contributed by atoms with Gasteiger partial charge in [0.25, 0.3) is 5.91 Å². The summed E-state index contributed by atoms with van der Waals surface area (Å²) in [6.07, 6.45) is 5.16. The molecule has 5 rings (SSSR count). The largest absolute Gasteiger partial charge is 0.479 e. The average molecular weight is 419 g/mol. The summed E-state index contributed by atoms with van der Waals surface area (Å²) in [7, 11) is 1.62. The molecule has 2 aliphatic heterocycles. The predicted molar refractivity (Wildman–Crippen MR) is 115 cm³/mol. The topological polar surface area (TPSA) is 65.8 Å². The molecule has 1 spiro atoms. The SMILES string of the molecule is COCCOc1cc(C(=O)N2CCC3(CC2)Oc2ccccc2-n2cccc23)ccn1. The molecule has 4 heterocycles. The molecule has 0 bridgehead atoms. The van der Waals surface area contributed by atoms with Crippen molar-refractivity contribution in [1.82, 2.24) is 14.5 Å². The summed E-state index contributed by atoms with van der Waals surface area (Å²) in [5, 5.41) is 0. The van der Waals surface area contributed by atoms with Crippen LogP contribution in [0.25, 0.3) is 5.69 Å². The second-order valence-corrected chi connectivity index (χ2v) is 7.84. The lowest BCUT2D eigenvalue weighted by Crippen LogP contribution is -2.50. The van der Waals surface area contributed by atoms with Gasteiger partial charge in [0.2, 0.25) is 5.88 Å². The number of piperidine rings is 1. The molecule has 0 radical (unpaired) electrons. The molecular weight excluding hydrogens is 394 g/mol. The van der Waals surface area contributed by atoms with E-state index in [-0.39, 0.29) is 5.91 Å². The number of benzene rings is 1. The number of amides is 1. The zero-order chi connectivity index (χ0) is 21.3. The van der Waals surface area contributed by atoms with E-state index in [1.165, 1.54) is 0 Å². The molecule has 0 aliphatic carbocycles. The zero-order valence-corrected chi connectivity index (χ0v) is 17.5. The second-order valence-electron chi connectivity index (χ2n) is 7.84. The number of rotatable bonds is 5. The minimum atomic E-state index is -0.415. The van der Waals surface area contributed by atoms with Crippen LogP contribution in [0.15, 0.2) is 60.9 Å². The molecule has 2 aliphatic rings. The van der Waals surface area contributed by atoms with Gasteiger partial charge in [-0.25, -0.2) is 4.98 Å². The predicted octanol–water partition coefficient (Wildman–Crippen LogP) is 3.42. The van der Waals surface area contributed by atoms with Crippen LogP contribution in [0.4, 0.5) is 0 Å². The van der Waals surface area contributed by atoms with E-state index in [0.717, 1.165) is 30.0 Å². The Kier molecular flexibility index (Phi) is 5.11. The van der Waals surface area contributed by atoms with E-state index in [1.54, 1.807) is 25.4 Å². The number of ether oxygens (including phenoxy) is 3. The molecule has 3 aromatic rings. The molecule has 31 heavy (non-hydrogen) atoms. The highest BCUT2D eigenvalue weighted by molar-refractivity contribution is 5.94. The van der Waals surface area contributed by atoms with Crippen molar-refractivity contribution in [2.24, 2.45) is 0 Å². The monoisotopic (exact) mass is 419 g/mol. The van der Waals surface area contributed by atoms with Crippen LogP contribution in [0.5, 0.6) is 11.6 Å². The maximum Gasteiger partial charge on any atom is 0.254 e. The first kappa shape index (κ1) is 19.6. The van der Waals surface area contributed by atoms with Gasteiger partial charge in [0, 0.05) is 57.1 Å². The lowest BCUT2D eigenvalue weighted by Gasteiger charge is -2.45. The fourth-order valence-electron chi connectivity index (χ4n) is 4.43. The van der Waals surface area contributed by atoms with Gasteiger partial charge in [-0.15, -0.1) is 0 Å². The second kappa shape index (κ2) is 8.07. The zero-order valence-electron chi connectivity index (χ0n) is 17.5. The maximum absolute atomic E-state index is 13.1.